The smallest absolute Gasteiger partial charge is 0.135 e. The molecule has 0 spiro atoms. The molecule has 5 heteroatoms. The van der Waals surface area contributed by atoms with Crippen LogP contribution in [0.3, 0.4) is 0 Å². The van der Waals surface area contributed by atoms with Crippen LogP contribution in [0.25, 0.3) is 0 Å². The van der Waals surface area contributed by atoms with Crippen LogP contribution in [0.2, 0.25) is 0 Å². The van der Waals surface area contributed by atoms with Crippen molar-refractivity contribution in [3.63, 3.8) is 0 Å². The first-order valence-corrected chi connectivity index (χ1v) is 8.36. The van der Waals surface area contributed by atoms with Crippen molar-refractivity contribution in [3.8, 4) is 5.75 Å². The van der Waals surface area contributed by atoms with Gasteiger partial charge in [0.1, 0.15) is 17.4 Å². The van der Waals surface area contributed by atoms with Gasteiger partial charge in [-0.3, -0.25) is 4.90 Å². The summed E-state index contributed by atoms with van der Waals surface area (Å²) in [5.41, 5.74) is 2.53. The van der Waals surface area contributed by atoms with Gasteiger partial charge in [0.05, 0.1) is 7.11 Å². The highest BCUT2D eigenvalue weighted by Gasteiger charge is 2.20. The average molecular weight is 314 g/mol. The minimum atomic E-state index is 0.423. The minimum Gasteiger partial charge on any atom is -0.496 e. The van der Waals surface area contributed by atoms with E-state index in [9.17, 15) is 0 Å². The number of fused-ring (bicyclic) bond motifs is 1. The Balaban J connectivity index is 1.69. The monoisotopic (exact) mass is 314 g/mol. The lowest BCUT2D eigenvalue weighted by molar-refractivity contribution is 0.270. The summed E-state index contributed by atoms with van der Waals surface area (Å²) in [5.74, 6) is 3.62. The molecule has 0 saturated heterocycles. The fourth-order valence-corrected chi connectivity index (χ4v) is 3.27. The number of methoxy groups -OCH3 is 1. The topological polar surface area (TPSA) is 43.2 Å². The molecule has 1 aromatic carbocycles. The maximum Gasteiger partial charge on any atom is 0.135 e. The molecular weight excluding hydrogens is 288 g/mol. The Hall–Kier alpha value is -1.88. The number of nitrogens with zero attached hydrogens (tertiary/aromatic N) is 4. The number of benzene rings is 1. The molecule has 0 radical (unpaired) electrons. The van der Waals surface area contributed by atoms with Gasteiger partial charge >= 0.3 is 0 Å². The van der Waals surface area contributed by atoms with Gasteiger partial charge in [-0.1, -0.05) is 26.0 Å². The zero-order valence-electron chi connectivity index (χ0n) is 14.5. The lowest BCUT2D eigenvalue weighted by Crippen LogP contribution is -2.26. The van der Waals surface area contributed by atoms with E-state index in [1.165, 1.54) is 11.1 Å². The van der Waals surface area contributed by atoms with Gasteiger partial charge in [0.25, 0.3) is 0 Å². The van der Waals surface area contributed by atoms with Crippen molar-refractivity contribution < 1.29 is 4.74 Å². The first-order chi connectivity index (χ1) is 11.1. The molecule has 124 valence electrons. The number of aromatic nitrogens is 3. The first kappa shape index (κ1) is 16.0. The maximum atomic E-state index is 5.35. The van der Waals surface area contributed by atoms with E-state index in [1.54, 1.807) is 7.11 Å². The number of ether oxygens (including phenoxy) is 1. The Morgan fingerprint density at radius 2 is 2.00 bits per heavy atom. The van der Waals surface area contributed by atoms with Gasteiger partial charge in [-0.15, -0.1) is 10.2 Å². The third kappa shape index (κ3) is 3.39. The Kier molecular flexibility index (Phi) is 4.66. The quantitative estimate of drug-likeness (QED) is 0.870. The summed E-state index contributed by atoms with van der Waals surface area (Å²) in [6, 6.07) is 6.45. The van der Waals surface area contributed by atoms with Gasteiger partial charge in [-0.05, 0) is 24.1 Å². The Morgan fingerprint density at radius 3 is 2.70 bits per heavy atom. The van der Waals surface area contributed by atoms with E-state index in [-0.39, 0.29) is 0 Å². The Morgan fingerprint density at radius 1 is 1.17 bits per heavy atom. The lowest BCUT2D eigenvalue weighted by Gasteiger charge is -2.20. The molecule has 23 heavy (non-hydrogen) atoms. The second-order valence-corrected chi connectivity index (χ2v) is 6.61. The molecule has 0 unspecified atom stereocenters. The summed E-state index contributed by atoms with van der Waals surface area (Å²) >= 11 is 0. The van der Waals surface area contributed by atoms with Crippen LogP contribution < -0.4 is 4.74 Å². The van der Waals surface area contributed by atoms with Crippen molar-refractivity contribution in [2.24, 2.45) is 0 Å². The Bertz CT molecular complexity index is 678. The molecule has 2 aromatic rings. The molecule has 0 atom stereocenters. The van der Waals surface area contributed by atoms with Crippen molar-refractivity contribution in [1.29, 1.82) is 0 Å². The summed E-state index contributed by atoms with van der Waals surface area (Å²) in [6.07, 6.45) is 0.967. The summed E-state index contributed by atoms with van der Waals surface area (Å²) < 4.78 is 7.65. The fraction of sp³-hybridized carbons (Fsp3) is 0.556. The van der Waals surface area contributed by atoms with Gasteiger partial charge in [0.15, 0.2) is 0 Å². The molecule has 0 amide bonds. The van der Waals surface area contributed by atoms with E-state index < -0.39 is 0 Å². The highest BCUT2D eigenvalue weighted by atomic mass is 16.5. The largest absolute Gasteiger partial charge is 0.496 e. The van der Waals surface area contributed by atoms with Crippen LogP contribution in [0.1, 0.15) is 42.5 Å². The van der Waals surface area contributed by atoms with E-state index >= 15 is 0 Å². The highest BCUT2D eigenvalue weighted by Crippen LogP contribution is 2.21. The fourth-order valence-electron chi connectivity index (χ4n) is 3.27. The van der Waals surface area contributed by atoms with Gasteiger partial charge in [-0.25, -0.2) is 0 Å². The molecule has 0 fully saturated rings. The number of aryl methyl sites for hydroxylation is 1. The van der Waals surface area contributed by atoms with Gasteiger partial charge in [0.2, 0.25) is 0 Å². The van der Waals surface area contributed by atoms with Gasteiger partial charge < -0.3 is 9.30 Å². The van der Waals surface area contributed by atoms with Crippen LogP contribution in [0.5, 0.6) is 5.75 Å². The van der Waals surface area contributed by atoms with Crippen molar-refractivity contribution in [3.05, 3.63) is 41.0 Å². The van der Waals surface area contributed by atoms with E-state index in [0.717, 1.165) is 50.0 Å². The van der Waals surface area contributed by atoms with Crippen LogP contribution in [0.15, 0.2) is 18.2 Å². The predicted molar refractivity (Wildman–Crippen MR) is 90.8 cm³/mol. The first-order valence-electron chi connectivity index (χ1n) is 8.36. The Labute approximate surface area is 138 Å². The van der Waals surface area contributed by atoms with E-state index in [4.69, 9.17) is 4.74 Å². The lowest BCUT2D eigenvalue weighted by atomic mass is 10.1. The number of hydrogen-bond acceptors (Lipinski definition) is 4. The van der Waals surface area contributed by atoms with E-state index in [0.29, 0.717) is 5.92 Å². The average Bonchev–Trinajstić information content (AvgIpc) is 2.84. The molecule has 0 N–H and O–H groups in total. The molecule has 2 heterocycles. The summed E-state index contributed by atoms with van der Waals surface area (Å²) in [4.78, 5) is 2.50. The highest BCUT2D eigenvalue weighted by molar-refractivity contribution is 5.36. The summed E-state index contributed by atoms with van der Waals surface area (Å²) in [6.45, 7) is 10.5. The molecule has 5 nitrogen and oxygen atoms in total. The predicted octanol–water partition coefficient (Wildman–Crippen LogP) is 2.78. The molecular formula is C18H26N4O. The minimum absolute atomic E-state index is 0.423. The van der Waals surface area contributed by atoms with Crippen molar-refractivity contribution >= 4 is 0 Å². The number of hydrogen-bond donors (Lipinski definition) is 0. The molecule has 0 aliphatic carbocycles. The van der Waals surface area contributed by atoms with Crippen LogP contribution in [0, 0.1) is 6.92 Å². The van der Waals surface area contributed by atoms with Gasteiger partial charge in [-0.2, -0.15) is 0 Å². The van der Waals surface area contributed by atoms with Crippen LogP contribution in [-0.2, 0) is 19.5 Å². The molecule has 1 aromatic heterocycles. The van der Waals surface area contributed by atoms with Crippen molar-refractivity contribution in [2.45, 2.75) is 46.2 Å². The van der Waals surface area contributed by atoms with E-state index in [2.05, 4.69) is 58.6 Å². The SMILES string of the molecule is COc1ccc(CN2CCc3nnc(C(C)C)n3CC2)cc1C. The van der Waals surface area contributed by atoms with Crippen LogP contribution in [0.4, 0.5) is 0 Å². The zero-order chi connectivity index (χ0) is 16.4. The molecule has 1 aliphatic rings. The number of rotatable bonds is 4. The maximum absolute atomic E-state index is 5.35. The van der Waals surface area contributed by atoms with Crippen LogP contribution in [-0.4, -0.2) is 39.9 Å². The second kappa shape index (κ2) is 6.71. The third-order valence-corrected chi connectivity index (χ3v) is 4.53. The third-order valence-electron chi connectivity index (χ3n) is 4.53. The molecule has 1 aliphatic heterocycles. The van der Waals surface area contributed by atoms with E-state index in [1.807, 2.05) is 0 Å². The zero-order valence-corrected chi connectivity index (χ0v) is 14.5. The molecule has 0 bridgehead atoms. The van der Waals surface area contributed by atoms with Crippen LogP contribution >= 0.6 is 0 Å². The van der Waals surface area contributed by atoms with Crippen molar-refractivity contribution in [2.75, 3.05) is 20.2 Å². The summed E-state index contributed by atoms with van der Waals surface area (Å²) in [5, 5.41) is 8.75. The second-order valence-electron chi connectivity index (χ2n) is 6.61. The molecule has 0 saturated carbocycles. The normalized spacial score (nSPS) is 15.5. The summed E-state index contributed by atoms with van der Waals surface area (Å²) in [7, 11) is 1.72. The standard InChI is InChI=1S/C18H26N4O/c1-13(2)18-20-19-17-7-8-21(9-10-22(17)18)12-15-5-6-16(23-4)14(3)11-15/h5-6,11,13H,7-10,12H2,1-4H3. The van der Waals surface area contributed by atoms with Crippen molar-refractivity contribution in [1.82, 2.24) is 19.7 Å². The molecule has 3 rings (SSSR count). The van der Waals surface area contributed by atoms with Gasteiger partial charge in [0, 0.05) is 38.5 Å².